The summed E-state index contributed by atoms with van der Waals surface area (Å²) < 4.78 is 4.29. The zero-order valence-electron chi connectivity index (χ0n) is 35.6. The second-order valence-electron chi connectivity index (χ2n) is 17.5. The van der Waals surface area contributed by atoms with Gasteiger partial charge in [0, 0.05) is 82.3 Å². The first kappa shape index (κ1) is 41.1. The molecule has 1 N–H and O–H groups in total. The molecule has 6 aromatic heterocycles. The normalized spacial score (nSPS) is 23.2. The van der Waals surface area contributed by atoms with Crippen molar-refractivity contribution in [2.75, 3.05) is 76.3 Å². The molecule has 0 unspecified atom stereocenters. The number of halogens is 2. The van der Waals surface area contributed by atoms with Crippen LogP contribution in [0, 0.1) is 13.8 Å². The van der Waals surface area contributed by atoms with Crippen LogP contribution in [0.2, 0.25) is 10.3 Å². The van der Waals surface area contributed by atoms with Crippen LogP contribution >= 0.6 is 23.2 Å². The van der Waals surface area contributed by atoms with Crippen LogP contribution in [0.25, 0.3) is 11.3 Å². The van der Waals surface area contributed by atoms with Crippen LogP contribution in [-0.2, 0) is 0 Å². The van der Waals surface area contributed by atoms with E-state index in [9.17, 15) is 0 Å². The highest BCUT2D eigenvalue weighted by Crippen LogP contribution is 2.44. The molecule has 3 aliphatic heterocycles. The first-order valence-corrected chi connectivity index (χ1v) is 22.8. The number of aryl methyl sites for hydroxylation is 2. The van der Waals surface area contributed by atoms with Crippen molar-refractivity contribution in [3.05, 3.63) is 117 Å². The van der Waals surface area contributed by atoms with Gasteiger partial charge >= 0.3 is 0 Å². The van der Waals surface area contributed by atoms with E-state index in [-0.39, 0.29) is 12.1 Å². The van der Waals surface area contributed by atoms with E-state index in [1.807, 2.05) is 24.5 Å². The van der Waals surface area contributed by atoms with Crippen LogP contribution < -0.4 is 15.1 Å². The zero-order chi connectivity index (χ0) is 41.3. The van der Waals surface area contributed by atoms with Gasteiger partial charge in [0.05, 0.1) is 29.2 Å². The lowest BCUT2D eigenvalue weighted by atomic mass is 9.77. The van der Waals surface area contributed by atoms with Gasteiger partial charge in [0.1, 0.15) is 33.2 Å². The maximum atomic E-state index is 7.02. The first-order chi connectivity index (χ1) is 29.2. The number of rotatable bonds is 6. The number of anilines is 2. The van der Waals surface area contributed by atoms with E-state index in [1.54, 1.807) is 0 Å². The minimum absolute atomic E-state index is 0.137. The Labute approximate surface area is 364 Å². The Hall–Kier alpha value is -4.26. The molecule has 3 saturated heterocycles. The first-order valence-electron chi connectivity index (χ1n) is 22.0. The van der Waals surface area contributed by atoms with E-state index < -0.39 is 0 Å². The van der Waals surface area contributed by atoms with Crippen molar-refractivity contribution in [1.29, 1.82) is 0 Å². The van der Waals surface area contributed by atoms with Gasteiger partial charge in [-0.05, 0) is 114 Å². The van der Waals surface area contributed by atoms with Gasteiger partial charge in [-0.3, -0.25) is 18.8 Å². The summed E-state index contributed by atoms with van der Waals surface area (Å²) in [5, 5.41) is 5.32. The maximum absolute atomic E-state index is 7.02. The molecular weight excluding hydrogens is 789 g/mol. The van der Waals surface area contributed by atoms with Crippen LogP contribution in [0.5, 0.6) is 0 Å². The summed E-state index contributed by atoms with van der Waals surface area (Å²) >= 11 is 14.0. The van der Waals surface area contributed by atoms with Gasteiger partial charge in [0.2, 0.25) is 0 Å². The van der Waals surface area contributed by atoms with Crippen molar-refractivity contribution in [2.45, 2.75) is 82.7 Å². The number of hydrogen-bond acceptors (Lipinski definition) is 9. The standard InChI is InChI=1S/C24H30ClN5.C23H29ClN6/c1-17-6-5-11-26-22(17)18-7-3-8-19(16-18)23-24(25)30-20(27-23)9-4-10-21(30)29-14-12-28(2)13-15-29;1-16-6-5-11-25-21(16)17-7-3-8-18(26-17)22-23(24)30-19(27-22)9-4-10-20(30)29-14-12-28(2)13-15-29/h4-6,9-11,18-19H,3,7-8,12-16H2,1-2H3;4-6,9-11,17-18,26H,3,7-8,12-15H2,1-2H3/t18-,19+;17-,18+/m01/s1. The number of fused-ring (bicyclic) bond motifs is 2. The number of likely N-dealkylation sites (N-methyl/N-ethyl adjacent to an activating group) is 2. The molecule has 0 amide bonds. The summed E-state index contributed by atoms with van der Waals surface area (Å²) in [4.78, 5) is 28.9. The Balaban J connectivity index is 0.000000154. The highest BCUT2D eigenvalue weighted by Gasteiger charge is 2.32. The number of aromatic nitrogens is 6. The largest absolute Gasteiger partial charge is 0.355 e. The van der Waals surface area contributed by atoms with Gasteiger partial charge in [-0.1, -0.05) is 53.9 Å². The molecule has 4 atom stereocenters. The number of imidazole rings is 2. The number of pyridine rings is 4. The fourth-order valence-corrected chi connectivity index (χ4v) is 10.7. The lowest BCUT2D eigenvalue weighted by Gasteiger charge is -2.34. The van der Waals surface area contributed by atoms with Crippen LogP contribution in [-0.4, -0.2) is 105 Å². The molecule has 4 fully saturated rings. The van der Waals surface area contributed by atoms with E-state index >= 15 is 0 Å². The minimum Gasteiger partial charge on any atom is -0.355 e. The minimum atomic E-state index is 0.137. The van der Waals surface area contributed by atoms with Crippen molar-refractivity contribution >= 4 is 46.1 Å². The molecule has 1 saturated carbocycles. The van der Waals surface area contributed by atoms with Gasteiger partial charge in [0.25, 0.3) is 0 Å². The average molecular weight is 849 g/mol. The summed E-state index contributed by atoms with van der Waals surface area (Å²) in [6, 6.07) is 21.4. The van der Waals surface area contributed by atoms with E-state index in [0.29, 0.717) is 11.8 Å². The number of piperidine rings is 1. The van der Waals surface area contributed by atoms with E-state index in [1.165, 1.54) is 29.7 Å². The molecule has 60 heavy (non-hydrogen) atoms. The molecule has 10 rings (SSSR count). The summed E-state index contributed by atoms with van der Waals surface area (Å²) in [5.41, 5.74) is 8.82. The van der Waals surface area contributed by atoms with Crippen molar-refractivity contribution in [3.63, 3.8) is 0 Å². The topological polar surface area (TPSA) is 85.4 Å². The summed E-state index contributed by atoms with van der Waals surface area (Å²) in [6.45, 7) is 12.6. The van der Waals surface area contributed by atoms with Crippen molar-refractivity contribution < 1.29 is 0 Å². The molecule has 1 aliphatic carbocycles. The summed E-state index contributed by atoms with van der Waals surface area (Å²) in [7, 11) is 4.36. The Morgan fingerprint density at radius 2 is 1.00 bits per heavy atom. The molecule has 316 valence electrons. The smallest absolute Gasteiger partial charge is 0.139 e. The van der Waals surface area contributed by atoms with Gasteiger partial charge in [-0.15, -0.1) is 0 Å². The van der Waals surface area contributed by atoms with E-state index in [4.69, 9.17) is 38.2 Å². The van der Waals surface area contributed by atoms with Crippen LogP contribution in [0.15, 0.2) is 73.1 Å². The van der Waals surface area contributed by atoms with Gasteiger partial charge in [-0.2, -0.15) is 0 Å². The molecule has 0 spiro atoms. The van der Waals surface area contributed by atoms with E-state index in [0.717, 1.165) is 135 Å². The molecule has 11 nitrogen and oxygen atoms in total. The highest BCUT2D eigenvalue weighted by molar-refractivity contribution is 6.31. The Morgan fingerprint density at radius 3 is 1.55 bits per heavy atom. The number of nitrogens with one attached hydrogen (secondary N) is 1. The van der Waals surface area contributed by atoms with Gasteiger partial charge in [0.15, 0.2) is 0 Å². The Kier molecular flexibility index (Phi) is 12.3. The Bertz CT molecular complexity index is 2240. The average Bonchev–Trinajstić information content (AvgIpc) is 3.81. The van der Waals surface area contributed by atoms with Crippen LogP contribution in [0.1, 0.15) is 103 Å². The predicted octanol–water partition coefficient (Wildman–Crippen LogP) is 8.88. The third-order valence-corrected chi connectivity index (χ3v) is 14.2. The van der Waals surface area contributed by atoms with Crippen molar-refractivity contribution in [1.82, 2.24) is 43.9 Å². The van der Waals surface area contributed by atoms with Gasteiger partial charge < -0.3 is 24.9 Å². The second kappa shape index (κ2) is 18.0. The molecular formula is C47H59Cl2N11. The third-order valence-electron chi connectivity index (χ3n) is 13.4. The predicted molar refractivity (Wildman–Crippen MR) is 244 cm³/mol. The molecule has 0 radical (unpaired) electrons. The molecule has 6 aromatic rings. The van der Waals surface area contributed by atoms with Crippen molar-refractivity contribution in [2.24, 2.45) is 0 Å². The number of piperazine rings is 2. The van der Waals surface area contributed by atoms with Crippen molar-refractivity contribution in [3.8, 4) is 0 Å². The Morgan fingerprint density at radius 1 is 0.533 bits per heavy atom. The lowest BCUT2D eigenvalue weighted by Crippen LogP contribution is -2.45. The van der Waals surface area contributed by atoms with Crippen LogP contribution in [0.4, 0.5) is 11.6 Å². The highest BCUT2D eigenvalue weighted by atomic mass is 35.5. The summed E-state index contributed by atoms with van der Waals surface area (Å²) in [5.74, 6) is 3.18. The summed E-state index contributed by atoms with van der Waals surface area (Å²) in [6.07, 6.45) is 11.7. The maximum Gasteiger partial charge on any atom is 0.139 e. The zero-order valence-corrected chi connectivity index (χ0v) is 37.1. The molecule has 0 aromatic carbocycles. The number of hydrogen-bond donors (Lipinski definition) is 1. The lowest BCUT2D eigenvalue weighted by molar-refractivity contribution is 0.311. The quantitative estimate of drug-likeness (QED) is 0.177. The molecule has 13 heteroatoms. The monoisotopic (exact) mass is 847 g/mol. The SMILES string of the molecule is Cc1cccnc1[C@H]1CCC[C@@H](c2nc3cccc(N4CCN(C)CC4)n3c2Cl)C1.Cc1cccnc1[C@H]1CCC[C@@H](c2nc3cccc(N4CCN(C)CC4)n3c2Cl)N1. The molecule has 0 bridgehead atoms. The fourth-order valence-electron chi connectivity index (χ4n) is 10.0. The fraction of sp³-hybridized carbons (Fsp3) is 0.489. The molecule has 4 aliphatic rings. The van der Waals surface area contributed by atoms with Crippen LogP contribution in [0.3, 0.4) is 0 Å². The van der Waals surface area contributed by atoms with Gasteiger partial charge in [-0.25, -0.2) is 9.97 Å². The third kappa shape index (κ3) is 8.36. The number of nitrogens with zero attached hydrogens (tertiary/aromatic N) is 10. The second-order valence-corrected chi connectivity index (χ2v) is 18.2. The van der Waals surface area contributed by atoms with E-state index in [2.05, 4.69) is 115 Å². The molecule has 9 heterocycles.